The van der Waals surface area contributed by atoms with Gasteiger partial charge in [0.05, 0.1) is 12.8 Å². The molecule has 0 bridgehead atoms. The molecular formula is C22H30N4O3. The molecule has 2 unspecified atom stereocenters. The lowest BCUT2D eigenvalue weighted by Gasteiger charge is -2.36. The first-order valence-electron chi connectivity index (χ1n) is 10.4. The Balaban J connectivity index is 1.38. The summed E-state index contributed by atoms with van der Waals surface area (Å²) < 4.78 is 10.7. The summed E-state index contributed by atoms with van der Waals surface area (Å²) in [5.41, 5.74) is 8.93. The van der Waals surface area contributed by atoms with Crippen LogP contribution in [0, 0.1) is 5.92 Å². The zero-order valence-electron chi connectivity index (χ0n) is 17.4. The van der Waals surface area contributed by atoms with Crippen LogP contribution in [-0.4, -0.2) is 48.7 Å². The summed E-state index contributed by atoms with van der Waals surface area (Å²) in [5.74, 6) is 2.33. The number of rotatable bonds is 5. The van der Waals surface area contributed by atoms with Crippen molar-refractivity contribution in [2.24, 2.45) is 5.92 Å². The van der Waals surface area contributed by atoms with Crippen molar-refractivity contribution in [3.63, 3.8) is 0 Å². The Kier molecular flexibility index (Phi) is 5.87. The number of nitrogens with one attached hydrogen (secondary N) is 2. The maximum Gasteiger partial charge on any atom is 0.292 e. The van der Waals surface area contributed by atoms with Crippen molar-refractivity contribution in [1.29, 1.82) is 0 Å². The second-order valence-electron chi connectivity index (χ2n) is 8.33. The third-order valence-electron chi connectivity index (χ3n) is 6.21. The van der Waals surface area contributed by atoms with Crippen molar-refractivity contribution in [2.75, 3.05) is 26.7 Å². The van der Waals surface area contributed by atoms with Crippen molar-refractivity contribution in [3.8, 4) is 5.75 Å². The van der Waals surface area contributed by atoms with Gasteiger partial charge in [-0.05, 0) is 42.4 Å². The molecular weight excluding hydrogens is 368 g/mol. The van der Waals surface area contributed by atoms with Crippen LogP contribution in [0.3, 0.4) is 0 Å². The standard InChI is InChI=1S/C22H30N4O3/c1-14(2)19-12-20(29-25-19)22(27)26-9-7-15(8-10-26)21-18(13-23-24-21)16-5-4-6-17(11-16)28-3/h4-6,11-12,14-15,18,21,23-24H,7-10,13H2,1-3H3. The Morgan fingerprint density at radius 3 is 2.76 bits per heavy atom. The number of aromatic nitrogens is 1. The Labute approximate surface area is 171 Å². The average Bonchev–Trinajstić information content (AvgIpc) is 3.43. The molecule has 7 heteroatoms. The minimum Gasteiger partial charge on any atom is -0.497 e. The van der Waals surface area contributed by atoms with Crippen molar-refractivity contribution in [1.82, 2.24) is 20.9 Å². The Bertz CT molecular complexity index is 842. The fourth-order valence-electron chi connectivity index (χ4n) is 4.44. The number of carbonyl (C=O) groups excluding carboxylic acids is 1. The van der Waals surface area contributed by atoms with Crippen LogP contribution >= 0.6 is 0 Å². The summed E-state index contributed by atoms with van der Waals surface area (Å²) in [4.78, 5) is 14.7. The van der Waals surface area contributed by atoms with Crippen LogP contribution in [0.2, 0.25) is 0 Å². The fraction of sp³-hybridized carbons (Fsp3) is 0.545. The van der Waals surface area contributed by atoms with E-state index in [1.807, 2.05) is 30.9 Å². The molecule has 7 nitrogen and oxygen atoms in total. The minimum absolute atomic E-state index is 0.0512. The highest BCUT2D eigenvalue weighted by atomic mass is 16.5. The van der Waals surface area contributed by atoms with Crippen molar-refractivity contribution in [2.45, 2.75) is 44.6 Å². The predicted molar refractivity (Wildman–Crippen MR) is 110 cm³/mol. The van der Waals surface area contributed by atoms with Gasteiger partial charge in [0, 0.05) is 37.7 Å². The normalized spacial score (nSPS) is 23.0. The average molecular weight is 399 g/mol. The van der Waals surface area contributed by atoms with Crippen molar-refractivity contribution in [3.05, 3.63) is 47.3 Å². The molecule has 2 aromatic rings. The SMILES string of the molecule is COc1cccc(C2CNNC2C2CCN(C(=O)c3cc(C(C)C)no3)CC2)c1. The van der Waals surface area contributed by atoms with Gasteiger partial charge in [-0.15, -0.1) is 0 Å². The predicted octanol–water partition coefficient (Wildman–Crippen LogP) is 2.92. The number of ether oxygens (including phenoxy) is 1. The Morgan fingerprint density at radius 2 is 2.07 bits per heavy atom. The van der Waals surface area contributed by atoms with Crippen LogP contribution in [0.25, 0.3) is 0 Å². The molecule has 2 aliphatic heterocycles. The molecule has 0 radical (unpaired) electrons. The van der Waals surface area contributed by atoms with Crippen LogP contribution in [0.5, 0.6) is 5.75 Å². The number of benzene rings is 1. The number of nitrogens with zero attached hydrogens (tertiary/aromatic N) is 2. The van der Waals surface area contributed by atoms with Gasteiger partial charge in [0.25, 0.3) is 5.91 Å². The number of likely N-dealkylation sites (tertiary alicyclic amines) is 1. The molecule has 2 atom stereocenters. The second kappa shape index (κ2) is 8.55. The van der Waals surface area contributed by atoms with Crippen molar-refractivity contribution >= 4 is 5.91 Å². The topological polar surface area (TPSA) is 79.6 Å². The molecule has 2 saturated heterocycles. The maximum absolute atomic E-state index is 12.8. The lowest BCUT2D eigenvalue weighted by atomic mass is 9.80. The van der Waals surface area contributed by atoms with E-state index in [4.69, 9.17) is 9.26 Å². The zero-order valence-corrected chi connectivity index (χ0v) is 17.4. The highest BCUT2D eigenvalue weighted by molar-refractivity contribution is 5.91. The molecule has 156 valence electrons. The first kappa shape index (κ1) is 19.9. The molecule has 2 fully saturated rings. The van der Waals surface area contributed by atoms with E-state index >= 15 is 0 Å². The highest BCUT2D eigenvalue weighted by Crippen LogP contribution is 2.33. The Morgan fingerprint density at radius 1 is 1.28 bits per heavy atom. The number of amides is 1. The summed E-state index contributed by atoms with van der Waals surface area (Å²) in [7, 11) is 1.70. The van der Waals surface area contributed by atoms with Gasteiger partial charge in [-0.2, -0.15) is 0 Å². The van der Waals surface area contributed by atoms with E-state index in [1.165, 1.54) is 5.56 Å². The molecule has 3 heterocycles. The van der Waals surface area contributed by atoms with Gasteiger partial charge in [0.1, 0.15) is 5.75 Å². The number of hydrazine groups is 1. The van der Waals surface area contributed by atoms with Crippen LogP contribution in [-0.2, 0) is 0 Å². The zero-order chi connectivity index (χ0) is 20.4. The first-order chi connectivity index (χ1) is 14.1. The number of piperidine rings is 1. The second-order valence-corrected chi connectivity index (χ2v) is 8.33. The summed E-state index contributed by atoms with van der Waals surface area (Å²) in [6.45, 7) is 6.46. The molecule has 0 aliphatic carbocycles. The van der Waals surface area contributed by atoms with E-state index < -0.39 is 0 Å². The van der Waals surface area contributed by atoms with Crippen LogP contribution in [0.4, 0.5) is 0 Å². The smallest absolute Gasteiger partial charge is 0.292 e. The molecule has 2 aliphatic rings. The number of methoxy groups -OCH3 is 1. The molecule has 1 amide bonds. The lowest BCUT2D eigenvalue weighted by molar-refractivity contribution is 0.0628. The minimum atomic E-state index is -0.0512. The summed E-state index contributed by atoms with van der Waals surface area (Å²) in [5, 5.41) is 4.02. The maximum atomic E-state index is 12.8. The summed E-state index contributed by atoms with van der Waals surface area (Å²) in [6.07, 6.45) is 1.94. The lowest BCUT2D eigenvalue weighted by Crippen LogP contribution is -2.45. The summed E-state index contributed by atoms with van der Waals surface area (Å²) >= 11 is 0. The van der Waals surface area contributed by atoms with Gasteiger partial charge in [0.15, 0.2) is 0 Å². The molecule has 29 heavy (non-hydrogen) atoms. The monoisotopic (exact) mass is 398 g/mol. The van der Waals surface area contributed by atoms with Crippen LogP contribution in [0.15, 0.2) is 34.9 Å². The first-order valence-corrected chi connectivity index (χ1v) is 10.4. The molecule has 4 rings (SSSR count). The van der Waals surface area contributed by atoms with Gasteiger partial charge in [-0.3, -0.25) is 15.6 Å². The molecule has 1 aromatic heterocycles. The van der Waals surface area contributed by atoms with Gasteiger partial charge in [-0.25, -0.2) is 0 Å². The number of carbonyl (C=O) groups is 1. The van der Waals surface area contributed by atoms with Crippen LogP contribution in [0.1, 0.15) is 60.3 Å². The van der Waals surface area contributed by atoms with Gasteiger partial charge in [0.2, 0.25) is 5.76 Å². The largest absolute Gasteiger partial charge is 0.497 e. The molecule has 0 saturated carbocycles. The summed E-state index contributed by atoms with van der Waals surface area (Å²) in [6, 6.07) is 10.4. The number of hydrogen-bond acceptors (Lipinski definition) is 6. The number of hydrogen-bond donors (Lipinski definition) is 2. The van der Waals surface area contributed by atoms with Gasteiger partial charge in [-0.1, -0.05) is 31.1 Å². The molecule has 0 spiro atoms. The van der Waals surface area contributed by atoms with Gasteiger partial charge >= 0.3 is 0 Å². The third kappa shape index (κ3) is 4.16. The molecule has 2 N–H and O–H groups in total. The quantitative estimate of drug-likeness (QED) is 0.806. The van der Waals surface area contributed by atoms with E-state index in [-0.39, 0.29) is 11.8 Å². The Hall–Kier alpha value is -2.38. The van der Waals surface area contributed by atoms with Crippen molar-refractivity contribution < 1.29 is 14.1 Å². The highest BCUT2D eigenvalue weighted by Gasteiger charge is 2.37. The van der Waals surface area contributed by atoms with E-state index in [2.05, 4.69) is 28.1 Å². The van der Waals surface area contributed by atoms with E-state index in [0.29, 0.717) is 23.6 Å². The third-order valence-corrected chi connectivity index (χ3v) is 6.21. The fourth-order valence-corrected chi connectivity index (χ4v) is 4.44. The van der Waals surface area contributed by atoms with E-state index in [0.717, 1.165) is 43.9 Å². The van der Waals surface area contributed by atoms with Gasteiger partial charge < -0.3 is 14.2 Å². The van der Waals surface area contributed by atoms with E-state index in [9.17, 15) is 4.79 Å². The van der Waals surface area contributed by atoms with E-state index in [1.54, 1.807) is 13.2 Å². The molecule has 1 aromatic carbocycles. The van der Waals surface area contributed by atoms with Crippen LogP contribution < -0.4 is 15.6 Å².